The van der Waals surface area contributed by atoms with Crippen molar-refractivity contribution in [1.29, 1.82) is 0 Å². The van der Waals surface area contributed by atoms with Crippen molar-refractivity contribution in [1.82, 2.24) is 10.2 Å². The molecule has 0 spiro atoms. The summed E-state index contributed by atoms with van der Waals surface area (Å²) in [7, 11) is 0. The molecule has 128 valence electrons. The molecule has 1 aliphatic heterocycles. The number of nitrogens with zero attached hydrogens (tertiary/aromatic N) is 1. The van der Waals surface area contributed by atoms with E-state index in [0.29, 0.717) is 24.7 Å². The fraction of sp³-hybridized carbons (Fsp3) is 0.0588. The molecule has 0 saturated carbocycles. The van der Waals surface area contributed by atoms with E-state index in [2.05, 4.69) is 5.32 Å². The molecule has 0 radical (unpaired) electrons. The lowest BCUT2D eigenvalue weighted by atomic mass is 10.1. The minimum atomic E-state index is -0.518. The molecule has 0 unspecified atom stereocenters. The van der Waals surface area contributed by atoms with Crippen molar-refractivity contribution >= 4 is 63.8 Å². The Hall–Kier alpha value is -1.77. The van der Waals surface area contributed by atoms with Gasteiger partial charge in [-0.1, -0.05) is 35.3 Å². The van der Waals surface area contributed by atoms with E-state index in [0.717, 1.165) is 4.90 Å². The molecular formula is C17H11Cl2IN2O3. The average Bonchev–Trinajstić information content (AvgIpc) is 2.81. The number of halogens is 3. The van der Waals surface area contributed by atoms with Gasteiger partial charge in [0.05, 0.1) is 10.1 Å². The molecule has 1 fully saturated rings. The summed E-state index contributed by atoms with van der Waals surface area (Å²) < 4.78 is 0.647. The smallest absolute Gasteiger partial charge is 0.329 e. The minimum Gasteiger partial charge on any atom is -0.507 e. The molecule has 3 rings (SSSR count). The van der Waals surface area contributed by atoms with Gasteiger partial charge in [-0.15, -0.1) is 0 Å². The van der Waals surface area contributed by atoms with Gasteiger partial charge in [-0.25, -0.2) is 4.79 Å². The first kappa shape index (κ1) is 18.0. The van der Waals surface area contributed by atoms with Crippen LogP contribution < -0.4 is 5.32 Å². The first-order valence-electron chi connectivity index (χ1n) is 7.12. The van der Waals surface area contributed by atoms with Gasteiger partial charge in [0.25, 0.3) is 5.91 Å². The van der Waals surface area contributed by atoms with Crippen LogP contribution in [0.15, 0.2) is 42.1 Å². The Morgan fingerprint density at radius 2 is 1.92 bits per heavy atom. The summed E-state index contributed by atoms with van der Waals surface area (Å²) in [6.07, 6.45) is 1.56. The lowest BCUT2D eigenvalue weighted by Gasteiger charge is -2.13. The highest BCUT2D eigenvalue weighted by Gasteiger charge is 2.33. The van der Waals surface area contributed by atoms with Crippen molar-refractivity contribution in [3.05, 3.63) is 66.8 Å². The number of carbonyl (C=O) groups is 2. The molecule has 1 aliphatic rings. The number of hydrogen-bond acceptors (Lipinski definition) is 3. The number of nitrogens with one attached hydrogen (secondary N) is 1. The van der Waals surface area contributed by atoms with Crippen molar-refractivity contribution in [3.63, 3.8) is 0 Å². The van der Waals surface area contributed by atoms with Crippen molar-refractivity contribution < 1.29 is 14.7 Å². The molecular weight excluding hydrogens is 478 g/mol. The van der Waals surface area contributed by atoms with Crippen LogP contribution in [0.25, 0.3) is 6.08 Å². The fourth-order valence-electron chi connectivity index (χ4n) is 2.32. The second kappa shape index (κ2) is 7.23. The second-order valence-corrected chi connectivity index (χ2v) is 7.33. The Kier molecular flexibility index (Phi) is 5.21. The number of aromatic hydroxyl groups is 1. The predicted octanol–water partition coefficient (Wildman–Crippen LogP) is 4.40. The number of amides is 3. The van der Waals surface area contributed by atoms with Crippen LogP contribution >= 0.6 is 45.8 Å². The van der Waals surface area contributed by atoms with E-state index in [9.17, 15) is 14.7 Å². The summed E-state index contributed by atoms with van der Waals surface area (Å²) in [5.74, 6) is -0.289. The number of carbonyl (C=O) groups excluding carboxylic acids is 2. The molecule has 0 aliphatic carbocycles. The Bertz CT molecular complexity index is 915. The maximum Gasteiger partial charge on any atom is 0.329 e. The minimum absolute atomic E-state index is 0.0467. The standard InChI is InChI=1S/C17H11Cl2IN2O3/c18-11-3-2-10(12(19)7-11)8-22-16(24)14(21-17(22)25)6-9-1-4-15(23)13(20)5-9/h1-7,23H,8H2,(H,21,25)/b14-6-. The number of phenolic OH excluding ortho intramolecular Hbond substituents is 1. The maximum absolute atomic E-state index is 12.5. The van der Waals surface area contributed by atoms with Gasteiger partial charge in [0, 0.05) is 10.0 Å². The Balaban J connectivity index is 1.84. The SMILES string of the molecule is O=C1N/C(=C\c2ccc(O)c(I)c2)C(=O)N1Cc1ccc(Cl)cc1Cl. The Morgan fingerprint density at radius 1 is 1.16 bits per heavy atom. The topological polar surface area (TPSA) is 69.6 Å². The van der Waals surface area contributed by atoms with Crippen LogP contribution in [0.1, 0.15) is 11.1 Å². The van der Waals surface area contributed by atoms with Gasteiger partial charge in [0.2, 0.25) is 0 Å². The summed E-state index contributed by atoms with van der Waals surface area (Å²) in [5.41, 5.74) is 1.48. The molecule has 0 aromatic heterocycles. The zero-order valence-electron chi connectivity index (χ0n) is 12.6. The van der Waals surface area contributed by atoms with E-state index >= 15 is 0 Å². The third-order valence-corrected chi connectivity index (χ3v) is 5.04. The molecule has 1 heterocycles. The Morgan fingerprint density at radius 3 is 2.60 bits per heavy atom. The van der Waals surface area contributed by atoms with E-state index in [1.165, 1.54) is 6.07 Å². The number of urea groups is 1. The van der Waals surface area contributed by atoms with Crippen molar-refractivity contribution in [2.24, 2.45) is 0 Å². The zero-order valence-corrected chi connectivity index (χ0v) is 16.3. The highest BCUT2D eigenvalue weighted by atomic mass is 127. The molecule has 5 nitrogen and oxygen atoms in total. The van der Waals surface area contributed by atoms with Crippen LogP contribution in [0.4, 0.5) is 4.79 Å². The van der Waals surface area contributed by atoms with E-state index in [4.69, 9.17) is 23.2 Å². The molecule has 8 heteroatoms. The van der Waals surface area contributed by atoms with Gasteiger partial charge in [0.15, 0.2) is 0 Å². The van der Waals surface area contributed by atoms with Crippen molar-refractivity contribution in [3.8, 4) is 5.75 Å². The lowest BCUT2D eigenvalue weighted by molar-refractivity contribution is -0.123. The van der Waals surface area contributed by atoms with E-state index < -0.39 is 11.9 Å². The van der Waals surface area contributed by atoms with Gasteiger partial charge in [-0.2, -0.15) is 0 Å². The first-order valence-corrected chi connectivity index (χ1v) is 8.95. The zero-order chi connectivity index (χ0) is 18.1. The molecule has 0 atom stereocenters. The van der Waals surface area contributed by atoms with Crippen LogP contribution in [-0.2, 0) is 11.3 Å². The first-order chi connectivity index (χ1) is 11.8. The lowest BCUT2D eigenvalue weighted by Crippen LogP contribution is -2.30. The van der Waals surface area contributed by atoms with Crippen LogP contribution in [-0.4, -0.2) is 21.9 Å². The molecule has 2 N–H and O–H groups in total. The maximum atomic E-state index is 12.5. The number of benzene rings is 2. The molecule has 2 aromatic carbocycles. The second-order valence-electron chi connectivity index (χ2n) is 5.33. The van der Waals surface area contributed by atoms with Crippen LogP contribution in [0.5, 0.6) is 5.75 Å². The number of phenols is 1. The molecule has 2 aromatic rings. The molecule has 3 amide bonds. The normalized spacial score (nSPS) is 15.8. The summed E-state index contributed by atoms with van der Waals surface area (Å²) in [4.78, 5) is 25.7. The van der Waals surface area contributed by atoms with Gasteiger partial charge >= 0.3 is 6.03 Å². The van der Waals surface area contributed by atoms with Crippen LogP contribution in [0.2, 0.25) is 10.0 Å². The largest absolute Gasteiger partial charge is 0.507 e. The average molecular weight is 489 g/mol. The highest BCUT2D eigenvalue weighted by Crippen LogP contribution is 2.25. The fourth-order valence-corrected chi connectivity index (χ4v) is 3.32. The summed E-state index contributed by atoms with van der Waals surface area (Å²) in [5, 5.41) is 13.0. The third kappa shape index (κ3) is 3.91. The summed E-state index contributed by atoms with van der Waals surface area (Å²) in [6, 6.07) is 9.26. The summed E-state index contributed by atoms with van der Waals surface area (Å²) >= 11 is 13.9. The predicted molar refractivity (Wildman–Crippen MR) is 104 cm³/mol. The van der Waals surface area contributed by atoms with Gasteiger partial charge < -0.3 is 10.4 Å². The number of hydrogen-bond donors (Lipinski definition) is 2. The van der Waals surface area contributed by atoms with E-state index in [1.54, 1.807) is 36.4 Å². The van der Waals surface area contributed by atoms with Crippen molar-refractivity contribution in [2.75, 3.05) is 0 Å². The van der Waals surface area contributed by atoms with Crippen LogP contribution in [0, 0.1) is 3.57 Å². The molecule has 25 heavy (non-hydrogen) atoms. The third-order valence-electron chi connectivity index (χ3n) is 3.59. The van der Waals surface area contributed by atoms with Gasteiger partial charge in [-0.3, -0.25) is 9.69 Å². The highest BCUT2D eigenvalue weighted by molar-refractivity contribution is 14.1. The monoisotopic (exact) mass is 488 g/mol. The molecule has 0 bridgehead atoms. The quantitative estimate of drug-likeness (QED) is 0.382. The Labute approximate surface area is 167 Å². The van der Waals surface area contributed by atoms with Crippen molar-refractivity contribution in [2.45, 2.75) is 6.54 Å². The van der Waals surface area contributed by atoms with Crippen LogP contribution in [0.3, 0.4) is 0 Å². The van der Waals surface area contributed by atoms with E-state index in [1.807, 2.05) is 22.6 Å². The van der Waals surface area contributed by atoms with Gasteiger partial charge in [0.1, 0.15) is 11.4 Å². The number of imide groups is 1. The summed E-state index contributed by atoms with van der Waals surface area (Å²) in [6.45, 7) is 0.0467. The van der Waals surface area contributed by atoms with Gasteiger partial charge in [-0.05, 0) is 64.1 Å². The van der Waals surface area contributed by atoms with E-state index in [-0.39, 0.29) is 18.0 Å². The number of rotatable bonds is 3. The molecule has 1 saturated heterocycles.